The molecule has 0 fully saturated rings. The first-order chi connectivity index (χ1) is 13.5. The Labute approximate surface area is 164 Å². The van der Waals surface area contributed by atoms with Crippen molar-refractivity contribution >= 4 is 11.6 Å². The molecule has 0 atom stereocenters. The van der Waals surface area contributed by atoms with E-state index in [9.17, 15) is 9.59 Å². The summed E-state index contributed by atoms with van der Waals surface area (Å²) in [6, 6.07) is 21.1. The predicted molar refractivity (Wildman–Crippen MR) is 112 cm³/mol. The van der Waals surface area contributed by atoms with Gasteiger partial charge in [-0.1, -0.05) is 60.7 Å². The normalized spacial score (nSPS) is 11.3. The van der Waals surface area contributed by atoms with Gasteiger partial charge in [0.05, 0.1) is 6.54 Å². The second-order valence-corrected chi connectivity index (χ2v) is 6.61. The number of H-pyrrole nitrogens is 1. The Morgan fingerprint density at radius 3 is 2.21 bits per heavy atom. The summed E-state index contributed by atoms with van der Waals surface area (Å²) in [5, 5.41) is 2.80. The van der Waals surface area contributed by atoms with Crippen molar-refractivity contribution in [2.24, 2.45) is 4.99 Å². The minimum Gasteiger partial charge on any atom is -0.348 e. The number of amides is 1. The lowest BCUT2D eigenvalue weighted by molar-refractivity contribution is 0.0949. The molecule has 0 saturated carbocycles. The molecule has 5 nitrogen and oxygen atoms in total. The smallest absolute Gasteiger partial charge is 0.261 e. The van der Waals surface area contributed by atoms with Crippen LogP contribution in [0, 0.1) is 6.92 Å². The summed E-state index contributed by atoms with van der Waals surface area (Å²) < 4.78 is 0. The van der Waals surface area contributed by atoms with Gasteiger partial charge in [-0.15, -0.1) is 0 Å². The van der Waals surface area contributed by atoms with Gasteiger partial charge in [0.15, 0.2) is 0 Å². The molecule has 3 rings (SSSR count). The first-order valence-corrected chi connectivity index (χ1v) is 9.16. The fourth-order valence-electron chi connectivity index (χ4n) is 2.92. The molecular weight excluding hydrogens is 350 g/mol. The van der Waals surface area contributed by atoms with E-state index in [1.807, 2.05) is 74.5 Å². The van der Waals surface area contributed by atoms with Crippen LogP contribution in [-0.2, 0) is 13.1 Å². The minimum atomic E-state index is -0.401. The van der Waals surface area contributed by atoms with Crippen LogP contribution in [0.1, 0.15) is 39.7 Å². The van der Waals surface area contributed by atoms with Crippen molar-refractivity contribution in [2.75, 3.05) is 0 Å². The van der Waals surface area contributed by atoms with Crippen molar-refractivity contribution in [3.8, 4) is 0 Å². The predicted octanol–water partition coefficient (Wildman–Crippen LogP) is 3.62. The summed E-state index contributed by atoms with van der Waals surface area (Å²) in [7, 11) is 0. The Balaban J connectivity index is 1.79. The molecule has 0 aliphatic rings. The first kappa shape index (κ1) is 19.3. The summed E-state index contributed by atoms with van der Waals surface area (Å²) in [4.78, 5) is 32.2. The van der Waals surface area contributed by atoms with Crippen LogP contribution in [0.2, 0.25) is 0 Å². The number of aryl methyl sites for hydroxylation is 1. The molecule has 2 aromatic carbocycles. The van der Waals surface area contributed by atoms with Gasteiger partial charge in [0, 0.05) is 23.5 Å². The van der Waals surface area contributed by atoms with Gasteiger partial charge >= 0.3 is 0 Å². The number of carbonyl (C=O) groups is 1. The Bertz CT molecular complexity index is 1040. The molecule has 142 valence electrons. The van der Waals surface area contributed by atoms with E-state index >= 15 is 0 Å². The molecule has 0 aliphatic heterocycles. The number of benzene rings is 2. The number of aliphatic imine (C=N–C) groups is 1. The molecular formula is C23H23N3O2. The monoisotopic (exact) mass is 373 g/mol. The SMILES string of the molecule is CC(=NCc1ccccc1)c1cc(C(=O)NCc2ccccc2)c(=O)[nH]c1C. The first-order valence-electron chi connectivity index (χ1n) is 9.16. The van der Waals surface area contributed by atoms with E-state index in [0.717, 1.165) is 22.4 Å². The molecule has 0 spiro atoms. The highest BCUT2D eigenvalue weighted by Gasteiger charge is 2.14. The van der Waals surface area contributed by atoms with E-state index in [0.29, 0.717) is 18.8 Å². The third kappa shape index (κ3) is 4.82. The number of nitrogens with zero attached hydrogens (tertiary/aromatic N) is 1. The highest BCUT2D eigenvalue weighted by Crippen LogP contribution is 2.10. The number of hydrogen-bond donors (Lipinski definition) is 2. The van der Waals surface area contributed by atoms with Crippen LogP contribution in [0.4, 0.5) is 0 Å². The molecule has 0 saturated heterocycles. The number of pyridine rings is 1. The largest absolute Gasteiger partial charge is 0.348 e. The Hall–Kier alpha value is -3.47. The van der Waals surface area contributed by atoms with E-state index < -0.39 is 11.5 Å². The van der Waals surface area contributed by atoms with Crippen molar-refractivity contribution in [3.05, 3.63) is 105 Å². The van der Waals surface area contributed by atoms with E-state index in [1.54, 1.807) is 6.07 Å². The van der Waals surface area contributed by atoms with Gasteiger partial charge in [-0.05, 0) is 31.0 Å². The quantitative estimate of drug-likeness (QED) is 0.648. The van der Waals surface area contributed by atoms with E-state index in [2.05, 4.69) is 15.3 Å². The van der Waals surface area contributed by atoms with E-state index in [4.69, 9.17) is 0 Å². The standard InChI is InChI=1S/C23H23N3O2/c1-16(24-14-18-9-5-3-6-10-18)20-13-21(23(28)26-17(20)2)22(27)25-15-19-11-7-4-8-12-19/h3-13H,14-15H2,1-2H3,(H,25,27)(H,26,28). The second kappa shape index (κ2) is 8.95. The lowest BCUT2D eigenvalue weighted by Gasteiger charge is -2.10. The molecule has 3 aromatic rings. The van der Waals surface area contributed by atoms with Crippen LogP contribution in [-0.4, -0.2) is 16.6 Å². The zero-order chi connectivity index (χ0) is 19.9. The second-order valence-electron chi connectivity index (χ2n) is 6.61. The summed E-state index contributed by atoms with van der Waals surface area (Å²) in [6.07, 6.45) is 0. The maximum absolute atomic E-state index is 12.5. The van der Waals surface area contributed by atoms with Gasteiger partial charge in [-0.25, -0.2) is 0 Å². The molecule has 5 heteroatoms. The number of hydrogen-bond acceptors (Lipinski definition) is 3. The highest BCUT2D eigenvalue weighted by atomic mass is 16.2. The summed E-state index contributed by atoms with van der Waals surface area (Å²) in [5.41, 5.74) is 3.99. The van der Waals surface area contributed by atoms with Gasteiger partial charge < -0.3 is 10.3 Å². The van der Waals surface area contributed by atoms with Gasteiger partial charge in [-0.3, -0.25) is 14.6 Å². The summed E-state index contributed by atoms with van der Waals surface area (Å²) >= 11 is 0. The summed E-state index contributed by atoms with van der Waals surface area (Å²) in [6.45, 7) is 4.60. The van der Waals surface area contributed by atoms with Crippen LogP contribution in [0.5, 0.6) is 0 Å². The lowest BCUT2D eigenvalue weighted by atomic mass is 10.1. The minimum absolute atomic E-state index is 0.0887. The maximum atomic E-state index is 12.5. The van der Waals surface area contributed by atoms with Gasteiger partial charge in [0.25, 0.3) is 11.5 Å². The third-order valence-electron chi connectivity index (χ3n) is 4.51. The van der Waals surface area contributed by atoms with Crippen LogP contribution < -0.4 is 10.9 Å². The van der Waals surface area contributed by atoms with Crippen molar-refractivity contribution in [1.29, 1.82) is 0 Å². The van der Waals surface area contributed by atoms with Crippen molar-refractivity contribution in [3.63, 3.8) is 0 Å². The number of nitrogens with one attached hydrogen (secondary N) is 2. The Kier molecular flexibility index (Phi) is 6.17. The topological polar surface area (TPSA) is 74.3 Å². The molecule has 1 heterocycles. The molecule has 1 amide bonds. The van der Waals surface area contributed by atoms with Crippen molar-refractivity contribution in [1.82, 2.24) is 10.3 Å². The van der Waals surface area contributed by atoms with Gasteiger partial charge in [-0.2, -0.15) is 0 Å². The molecule has 2 N–H and O–H groups in total. The molecule has 1 aromatic heterocycles. The number of rotatable bonds is 6. The van der Waals surface area contributed by atoms with Crippen LogP contribution in [0.25, 0.3) is 0 Å². The summed E-state index contributed by atoms with van der Waals surface area (Å²) in [5.74, 6) is -0.401. The molecule has 28 heavy (non-hydrogen) atoms. The highest BCUT2D eigenvalue weighted by molar-refractivity contribution is 6.02. The number of aromatic amines is 1. The van der Waals surface area contributed by atoms with Crippen LogP contribution >= 0.6 is 0 Å². The van der Waals surface area contributed by atoms with Crippen LogP contribution in [0.15, 0.2) is 76.5 Å². The average Bonchev–Trinajstić information content (AvgIpc) is 2.72. The Morgan fingerprint density at radius 1 is 0.964 bits per heavy atom. The molecule has 0 bridgehead atoms. The zero-order valence-electron chi connectivity index (χ0n) is 16.0. The molecule has 0 aliphatic carbocycles. The van der Waals surface area contributed by atoms with Gasteiger partial charge in [0.1, 0.15) is 5.56 Å². The average molecular weight is 373 g/mol. The molecule has 0 radical (unpaired) electrons. The lowest BCUT2D eigenvalue weighted by Crippen LogP contribution is -2.30. The third-order valence-corrected chi connectivity index (χ3v) is 4.51. The van der Waals surface area contributed by atoms with Gasteiger partial charge in [0.2, 0.25) is 0 Å². The number of carbonyl (C=O) groups excluding carboxylic acids is 1. The zero-order valence-corrected chi connectivity index (χ0v) is 16.0. The van der Waals surface area contributed by atoms with Crippen LogP contribution in [0.3, 0.4) is 0 Å². The maximum Gasteiger partial charge on any atom is 0.261 e. The fraction of sp³-hybridized carbons (Fsp3) is 0.174. The fourth-order valence-corrected chi connectivity index (χ4v) is 2.92. The number of aromatic nitrogens is 1. The van der Waals surface area contributed by atoms with E-state index in [1.165, 1.54) is 0 Å². The Morgan fingerprint density at radius 2 is 1.57 bits per heavy atom. The molecule has 0 unspecified atom stereocenters. The van der Waals surface area contributed by atoms with E-state index in [-0.39, 0.29) is 5.56 Å². The van der Waals surface area contributed by atoms with Crippen molar-refractivity contribution < 1.29 is 4.79 Å². The van der Waals surface area contributed by atoms with Crippen molar-refractivity contribution in [2.45, 2.75) is 26.9 Å².